The monoisotopic (exact) mass is 2020 g/mol. The number of aliphatic hydroxyl groups is 5. The van der Waals surface area contributed by atoms with E-state index in [9.17, 15) is 39.9 Å². The lowest BCUT2D eigenvalue weighted by atomic mass is 9.91. The second kappa shape index (κ2) is 69.4. The molecular weight excluding hydrogens is 1840 g/mol. The molecule has 0 radical (unpaired) electrons. The topological polar surface area (TPSA) is 297 Å². The number of carbonyl (C=O) groups is 3. The second-order valence-corrected chi connectivity index (χ2v) is 41.1. The Morgan fingerprint density at radius 3 is 1.21 bits per heavy atom. The van der Waals surface area contributed by atoms with Gasteiger partial charge in [0.25, 0.3) is 0 Å². The lowest BCUT2D eigenvalue weighted by Gasteiger charge is -2.28. The van der Waals surface area contributed by atoms with Crippen molar-refractivity contribution in [1.82, 2.24) is 0 Å². The third kappa shape index (κ3) is 54.2. The molecule has 25 heteroatoms. The second-order valence-electron chi connectivity index (χ2n) is 40.5. The van der Waals surface area contributed by atoms with Crippen LogP contribution in [0.2, 0.25) is 0 Å². The number of carbonyl (C=O) groups excluding carboxylic acids is 3. The quantitative estimate of drug-likeness (QED) is 0.0221. The van der Waals surface area contributed by atoms with Crippen LogP contribution in [-0.4, -0.2) is 232 Å². The van der Waals surface area contributed by atoms with Crippen molar-refractivity contribution < 1.29 is 112 Å². The van der Waals surface area contributed by atoms with E-state index in [1.807, 2.05) is 72.9 Å². The van der Waals surface area contributed by atoms with E-state index in [2.05, 4.69) is 194 Å². The predicted octanol–water partition coefficient (Wildman–Crippen LogP) is 22.1. The van der Waals surface area contributed by atoms with E-state index in [-0.39, 0.29) is 139 Å². The molecule has 142 heavy (non-hydrogen) atoms. The minimum Gasteiger partial charge on any atom is -0.459 e. The average molecular weight is 2020 g/mol. The van der Waals surface area contributed by atoms with Crippen molar-refractivity contribution >= 4 is 36.8 Å². The number of cyclic esters (lactones) is 3. The van der Waals surface area contributed by atoms with Gasteiger partial charge in [0.15, 0.2) is 0 Å². The third-order valence-electron chi connectivity index (χ3n) is 26.1. The zero-order valence-corrected chi connectivity index (χ0v) is 88.8. The van der Waals surface area contributed by atoms with Gasteiger partial charge in [-0.1, -0.05) is 268 Å². The number of hydrogen-bond acceptors (Lipinski definition) is 23. The van der Waals surface area contributed by atoms with Crippen LogP contribution in [0.25, 0.3) is 0 Å². The lowest BCUT2D eigenvalue weighted by molar-refractivity contribution is -0.144. The smallest absolute Gasteiger partial charge is 0.330 e. The van der Waals surface area contributed by atoms with Crippen LogP contribution in [-0.2, 0) is 85.0 Å². The molecule has 0 aromatic rings. The van der Waals surface area contributed by atoms with Gasteiger partial charge >= 0.3 is 17.9 Å². The number of allylic oxidation sites excluding steroid dienone is 1. The van der Waals surface area contributed by atoms with E-state index >= 15 is 0 Å². The van der Waals surface area contributed by atoms with E-state index in [0.29, 0.717) is 134 Å². The minimum absolute atomic E-state index is 0. The molecule has 0 aromatic heterocycles. The summed E-state index contributed by atoms with van der Waals surface area (Å²) < 4.78 is 91.2. The minimum atomic E-state index is -0.594. The van der Waals surface area contributed by atoms with Crippen LogP contribution in [0.5, 0.6) is 0 Å². The Labute approximate surface area is 857 Å². The van der Waals surface area contributed by atoms with E-state index in [0.717, 1.165) is 134 Å². The molecule has 0 saturated carbocycles. The van der Waals surface area contributed by atoms with Crippen LogP contribution in [0.4, 0.5) is 0 Å². The molecule has 0 aromatic carbocycles. The van der Waals surface area contributed by atoms with E-state index in [1.54, 1.807) is 6.08 Å². The van der Waals surface area contributed by atoms with Crippen LogP contribution in [0.3, 0.4) is 0 Å². The standard InChI is InChI=1S/C30H42O6.2C30H42O5.C13H22O2.C11H19O3P.C3H7O2P.H2/c1-20-13-14-33-24(16-20)9-5-11-26-19-28-30(36-28)27(31)18-22(3)15-21(2)17-25-10-4-7-23(34-25)8-6-12-29(32)35-26;2*1-22-16-17-33-28(20-22)13-5-11-27-9-4-8-25(31)19-23(2)18-24(3)21-29-14-6-10-26(34-29)12-7-15-30(32)35-27;1-3-5-12(14)6-4-7-13-10-11(2)8-9-15-13;1-9-5-6-13-11(7-9)4-2-3-10(12)8-14-15;6-5-2-3-1-4-3;/h4-7,9,12-13,21,23-28,30-31H,3,8,10-11,14-19H2,1-2H3;4-8,10,13,15-16,18,24-29,31H,9,11-12,14,17,19-21H2,1-3H3;4-8,10,13,15-16,24-29,31H,2,9,11-12,14,17-21H2,1,3H3;4,7-8,12-14H,3,5-6,9-10H2,1-2H3;2,4-5,10-12H,3,6-8,15H2,1H3;3H,1-2,6H2;1H/b9-5+,12-6-;8-4+,13-5+,15-7-,23-18+;8-4+,13-5+,15-7-;7-4+;4-2+;;/t21-,23-,24+,25-,26+,27-,28-,30-;2*24-,25+,26-,27-,28+,29-;12-,13+;10-,11-;3-;/m000011./s1/i;;;;15T;;1+2/t;;;;10-,11-,15?;;. The van der Waals surface area contributed by atoms with Gasteiger partial charge in [0.1, 0.15) is 30.5 Å². The Hall–Kier alpha value is -6.87. The number of aliphatic hydroxyl groups excluding tert-OH is 5. The molecule has 23 nitrogen and oxygen atoms in total. The van der Waals surface area contributed by atoms with Gasteiger partial charge in [0, 0.05) is 77.1 Å². The van der Waals surface area contributed by atoms with Crippen LogP contribution in [0.1, 0.15) is 257 Å². The predicted molar refractivity (Wildman–Crippen MR) is 573 cm³/mol. The number of hydrogen-bond donors (Lipinski definition) is 5. The van der Waals surface area contributed by atoms with Crippen LogP contribution in [0.15, 0.2) is 252 Å². The average Bonchev–Trinajstić information content (AvgIpc) is 1.66. The van der Waals surface area contributed by atoms with Crippen molar-refractivity contribution in [3.8, 4) is 0 Å². The van der Waals surface area contributed by atoms with E-state index in [1.165, 1.54) is 51.7 Å². The van der Waals surface area contributed by atoms with Gasteiger partial charge in [0.05, 0.1) is 158 Å². The first-order valence-corrected chi connectivity index (χ1v) is 53.2. The summed E-state index contributed by atoms with van der Waals surface area (Å²) in [7, 11) is 1.87. The molecule has 0 amide bonds. The molecule has 13 aliphatic heterocycles. The fourth-order valence-corrected chi connectivity index (χ4v) is 19.0. The molecule has 6 bridgehead atoms. The van der Waals surface area contributed by atoms with Crippen LogP contribution < -0.4 is 0 Å². The van der Waals surface area contributed by atoms with Crippen molar-refractivity contribution in [2.24, 2.45) is 17.8 Å². The Morgan fingerprint density at radius 2 is 0.817 bits per heavy atom. The van der Waals surface area contributed by atoms with Crippen molar-refractivity contribution in [2.75, 3.05) is 52.9 Å². The molecule has 792 valence electrons. The summed E-state index contributed by atoms with van der Waals surface area (Å²) in [4.78, 5) is 37.6. The fraction of sp³-hybridized carbons (Fsp3) is 0.615. The van der Waals surface area contributed by atoms with Crippen molar-refractivity contribution in [3.63, 3.8) is 0 Å². The van der Waals surface area contributed by atoms with Crippen molar-refractivity contribution in [2.45, 2.75) is 390 Å². The number of fused-ring (bicyclic) bond motifs is 7. The highest BCUT2D eigenvalue weighted by molar-refractivity contribution is 7.10. The molecule has 13 rings (SSSR count). The SMILES string of the molecule is C=C1C[C@H](C)C[C@@H]2CC=C[C@@H](C/C=C\C(=O)O[C@H](C/C=C/[C@@H]3CC(C)=CCO3)C/C=C/[C@@H](O)C1)O2.C=C1C[C@H](C)C[C@@H]2CC=C[C@@H](C/C=C\C(=O)O[C@H](C/C=C/[C@@H]3CC(C)=CCO3)C[C@@H]3O[C@H]3[C@@H](O)C1)O2.CC1=CCO[C@H](/C=C/C[C@@H]2C/C=C/[C@@H](O)C/C(C)=C/[C@H](C)C[C@@H]3CC=C[C@@H](C/C=C\C(=O)O2)O3)C1.CCC[C@H](O)C/C=C/[C@@H]1CC(C)=CCO1.POC[C@H]1CO1.[3HH].[3H]POC[C@H](O)C/C=C/[C@@H]1CC(C)=CCO1. The molecule has 5 N–H and O–H groups in total. The van der Waals surface area contributed by atoms with Gasteiger partial charge < -0.3 is 96.2 Å². The molecule has 27 atom stereocenters. The van der Waals surface area contributed by atoms with Gasteiger partial charge in [0.2, 0.25) is 0 Å². The third-order valence-corrected chi connectivity index (χ3v) is 26.4. The first kappa shape index (κ1) is 119. The van der Waals surface area contributed by atoms with E-state index in [4.69, 9.17) is 67.4 Å². The summed E-state index contributed by atoms with van der Waals surface area (Å²) in [6.07, 6.45) is 82.9. The molecule has 0 spiro atoms. The Bertz CT molecular complexity index is 4390. The normalized spacial score (nSPS) is 34.4. The number of esters is 3. The maximum absolute atomic E-state index is 12.6. The molecule has 2 unspecified atom stereocenters. The van der Waals surface area contributed by atoms with Gasteiger partial charge in [-0.25, -0.2) is 14.4 Å². The van der Waals surface area contributed by atoms with Crippen molar-refractivity contribution in [1.29, 1.82) is 1.28 Å². The van der Waals surface area contributed by atoms with Gasteiger partial charge in [-0.3, -0.25) is 0 Å². The summed E-state index contributed by atoms with van der Waals surface area (Å²) in [5.74, 6) is 0.156. The fourth-order valence-electron chi connectivity index (χ4n) is 18.6. The largest absolute Gasteiger partial charge is 0.459 e. The molecule has 13 aliphatic rings. The highest BCUT2D eigenvalue weighted by Gasteiger charge is 2.46. The lowest BCUT2D eigenvalue weighted by Crippen LogP contribution is -2.26. The summed E-state index contributed by atoms with van der Waals surface area (Å²) in [5, 5.41) is 50.7. The zero-order valence-electron chi connectivity index (χ0n) is 87.6. The Morgan fingerprint density at radius 1 is 0.437 bits per heavy atom. The van der Waals surface area contributed by atoms with Gasteiger partial charge in [-0.05, 0) is 201 Å². The Balaban J connectivity index is 0.000000248. The molecule has 13 heterocycles. The number of rotatable bonds is 22. The highest BCUT2D eigenvalue weighted by Crippen LogP contribution is 2.37. The maximum Gasteiger partial charge on any atom is 0.330 e. The highest BCUT2D eigenvalue weighted by atomic mass is 31.0. The maximum atomic E-state index is 12.6. The molecule has 2 saturated heterocycles. The van der Waals surface area contributed by atoms with E-state index < -0.39 is 24.4 Å². The van der Waals surface area contributed by atoms with Crippen LogP contribution >= 0.6 is 18.9 Å². The number of ether oxygens (including phenoxy) is 13. The van der Waals surface area contributed by atoms with Crippen molar-refractivity contribution in [3.05, 3.63) is 252 Å². The summed E-state index contributed by atoms with van der Waals surface area (Å²) in [6, 6.07) is 0. The first-order chi connectivity index (χ1) is 69.0. The summed E-state index contributed by atoms with van der Waals surface area (Å²) in [5.41, 5.74) is 9.98. The molecular formula is C117H176O23P2. The summed E-state index contributed by atoms with van der Waals surface area (Å²) in [6.45, 7) is 34.9. The first-order valence-electron chi connectivity index (χ1n) is 52.9. The van der Waals surface area contributed by atoms with Gasteiger partial charge in [-0.15, -0.1) is 0 Å². The van der Waals surface area contributed by atoms with Crippen LogP contribution in [0, 0.1) is 17.8 Å². The Kier molecular flexibility index (Phi) is 58.0. The summed E-state index contributed by atoms with van der Waals surface area (Å²) >= 11 is 0. The number of epoxide rings is 2. The molecule has 0 aliphatic carbocycles. The molecule has 2 fully saturated rings. The zero-order chi connectivity index (χ0) is 103. The van der Waals surface area contributed by atoms with Gasteiger partial charge in [-0.2, -0.15) is 0 Å².